The third kappa shape index (κ3) is 8.29. The second-order valence-electron chi connectivity index (χ2n) is 6.31. The molecule has 0 bridgehead atoms. The summed E-state index contributed by atoms with van der Waals surface area (Å²) in [6.07, 6.45) is -1.85. The first kappa shape index (κ1) is 20.2. The molecule has 1 amide bonds. The molecule has 0 aliphatic carbocycles. The van der Waals surface area contributed by atoms with E-state index in [9.17, 15) is 18.0 Å². The van der Waals surface area contributed by atoms with Crippen LogP contribution < -0.4 is 5.73 Å². The Morgan fingerprint density at radius 1 is 1.14 bits per heavy atom. The molecular weight excluding hydrogens is 281 g/mol. The van der Waals surface area contributed by atoms with Gasteiger partial charge in [-0.25, -0.2) is 0 Å². The van der Waals surface area contributed by atoms with Crippen LogP contribution in [0.1, 0.15) is 59.8 Å². The maximum atomic E-state index is 12.7. The fourth-order valence-corrected chi connectivity index (χ4v) is 2.45. The standard InChI is InChI=1S/C15H29F3N2O/c1-5-12(6-2)20(11-15(16,17)18)13(21)7-8-14(3,4)9-10-19/h12H,5-11,19H2,1-4H3. The monoisotopic (exact) mass is 310 g/mol. The summed E-state index contributed by atoms with van der Waals surface area (Å²) in [7, 11) is 0. The van der Waals surface area contributed by atoms with E-state index in [-0.39, 0.29) is 17.9 Å². The Bertz CT molecular complexity index is 313. The van der Waals surface area contributed by atoms with Crippen molar-refractivity contribution in [3.63, 3.8) is 0 Å². The molecule has 0 rings (SSSR count). The smallest absolute Gasteiger partial charge is 0.331 e. The number of nitrogens with zero attached hydrogens (tertiary/aromatic N) is 1. The van der Waals surface area contributed by atoms with Crippen LogP contribution in [0.2, 0.25) is 0 Å². The molecule has 0 fully saturated rings. The van der Waals surface area contributed by atoms with E-state index in [4.69, 9.17) is 5.73 Å². The predicted octanol–water partition coefficient (Wildman–Crippen LogP) is 3.72. The lowest BCUT2D eigenvalue weighted by atomic mass is 9.84. The lowest BCUT2D eigenvalue weighted by Crippen LogP contribution is -2.45. The average molecular weight is 310 g/mol. The van der Waals surface area contributed by atoms with E-state index >= 15 is 0 Å². The summed E-state index contributed by atoms with van der Waals surface area (Å²) >= 11 is 0. The number of alkyl halides is 3. The van der Waals surface area contributed by atoms with Crippen LogP contribution >= 0.6 is 0 Å². The summed E-state index contributed by atoms with van der Waals surface area (Å²) in [5, 5.41) is 0. The van der Waals surface area contributed by atoms with Gasteiger partial charge in [-0.1, -0.05) is 27.7 Å². The van der Waals surface area contributed by atoms with E-state index in [1.54, 1.807) is 0 Å². The number of rotatable bonds is 9. The topological polar surface area (TPSA) is 46.3 Å². The van der Waals surface area contributed by atoms with E-state index in [0.717, 1.165) is 11.3 Å². The number of halogens is 3. The van der Waals surface area contributed by atoms with E-state index in [2.05, 4.69) is 0 Å². The Morgan fingerprint density at radius 3 is 2.05 bits per heavy atom. The van der Waals surface area contributed by atoms with Crippen LogP contribution in [0.5, 0.6) is 0 Å². The van der Waals surface area contributed by atoms with Crippen molar-refractivity contribution in [1.82, 2.24) is 4.90 Å². The molecule has 0 aliphatic heterocycles. The molecule has 0 spiro atoms. The molecule has 0 aromatic carbocycles. The van der Waals surface area contributed by atoms with Crippen LogP contribution in [0.3, 0.4) is 0 Å². The lowest BCUT2D eigenvalue weighted by molar-refractivity contribution is -0.166. The van der Waals surface area contributed by atoms with Gasteiger partial charge in [-0.15, -0.1) is 0 Å². The number of hydrogen-bond donors (Lipinski definition) is 1. The molecule has 6 heteroatoms. The molecule has 21 heavy (non-hydrogen) atoms. The van der Waals surface area contributed by atoms with E-state index in [0.29, 0.717) is 25.8 Å². The minimum Gasteiger partial charge on any atom is -0.331 e. The Labute approximate surface area is 126 Å². The zero-order valence-electron chi connectivity index (χ0n) is 13.6. The van der Waals surface area contributed by atoms with Gasteiger partial charge in [-0.05, 0) is 37.6 Å². The largest absolute Gasteiger partial charge is 0.406 e. The predicted molar refractivity (Wildman–Crippen MR) is 78.8 cm³/mol. The summed E-state index contributed by atoms with van der Waals surface area (Å²) in [5.74, 6) is -0.411. The van der Waals surface area contributed by atoms with E-state index < -0.39 is 18.6 Å². The maximum absolute atomic E-state index is 12.7. The molecule has 0 heterocycles. The Hall–Kier alpha value is -0.780. The van der Waals surface area contributed by atoms with Gasteiger partial charge in [0.2, 0.25) is 5.91 Å². The second-order valence-corrected chi connectivity index (χ2v) is 6.31. The van der Waals surface area contributed by atoms with Crippen molar-refractivity contribution in [2.24, 2.45) is 11.1 Å². The Kier molecular flexibility index (Phi) is 8.29. The highest BCUT2D eigenvalue weighted by Gasteiger charge is 2.35. The molecule has 0 unspecified atom stereocenters. The van der Waals surface area contributed by atoms with Crippen LogP contribution in [0.4, 0.5) is 13.2 Å². The summed E-state index contributed by atoms with van der Waals surface area (Å²) in [6.45, 7) is 6.94. The van der Waals surface area contributed by atoms with Gasteiger partial charge in [-0.2, -0.15) is 13.2 Å². The third-order valence-corrected chi connectivity index (χ3v) is 3.89. The van der Waals surface area contributed by atoms with Crippen LogP contribution in [0.25, 0.3) is 0 Å². The van der Waals surface area contributed by atoms with Crippen molar-refractivity contribution in [3.8, 4) is 0 Å². The first-order valence-corrected chi connectivity index (χ1v) is 7.62. The molecule has 0 aliphatic rings. The first-order chi connectivity index (χ1) is 9.56. The summed E-state index contributed by atoms with van der Waals surface area (Å²) in [5.41, 5.74) is 5.39. The number of carbonyl (C=O) groups is 1. The lowest BCUT2D eigenvalue weighted by Gasteiger charge is -2.32. The molecule has 0 radical (unpaired) electrons. The number of hydrogen-bond acceptors (Lipinski definition) is 2. The Morgan fingerprint density at radius 2 is 1.67 bits per heavy atom. The van der Waals surface area contributed by atoms with Crippen molar-refractivity contribution >= 4 is 5.91 Å². The Balaban J connectivity index is 4.80. The molecular formula is C15H29F3N2O. The molecule has 0 saturated carbocycles. The van der Waals surface area contributed by atoms with Crippen molar-refractivity contribution in [3.05, 3.63) is 0 Å². The zero-order chi connectivity index (χ0) is 16.7. The van der Waals surface area contributed by atoms with Gasteiger partial charge < -0.3 is 10.6 Å². The van der Waals surface area contributed by atoms with Gasteiger partial charge in [-0.3, -0.25) is 4.79 Å². The summed E-state index contributed by atoms with van der Waals surface area (Å²) < 4.78 is 38.1. The third-order valence-electron chi connectivity index (χ3n) is 3.89. The van der Waals surface area contributed by atoms with Gasteiger partial charge in [0.05, 0.1) is 0 Å². The number of carbonyl (C=O) groups excluding carboxylic acids is 1. The molecule has 3 nitrogen and oxygen atoms in total. The molecule has 0 atom stereocenters. The van der Waals surface area contributed by atoms with Crippen LogP contribution in [0, 0.1) is 5.41 Å². The van der Waals surface area contributed by atoms with Gasteiger partial charge in [0.25, 0.3) is 0 Å². The average Bonchev–Trinajstić information content (AvgIpc) is 2.35. The van der Waals surface area contributed by atoms with Crippen molar-refractivity contribution in [2.45, 2.75) is 72.0 Å². The highest BCUT2D eigenvalue weighted by atomic mass is 19.4. The van der Waals surface area contributed by atoms with Crippen molar-refractivity contribution in [1.29, 1.82) is 0 Å². The highest BCUT2D eigenvalue weighted by molar-refractivity contribution is 5.76. The summed E-state index contributed by atoms with van der Waals surface area (Å²) in [4.78, 5) is 13.2. The quantitative estimate of drug-likeness (QED) is 0.705. The maximum Gasteiger partial charge on any atom is 0.406 e. The SMILES string of the molecule is CCC(CC)N(CC(F)(F)F)C(=O)CCC(C)(C)CCN. The van der Waals surface area contributed by atoms with Crippen LogP contribution in [0.15, 0.2) is 0 Å². The van der Waals surface area contributed by atoms with Gasteiger partial charge >= 0.3 is 6.18 Å². The first-order valence-electron chi connectivity index (χ1n) is 7.62. The van der Waals surface area contributed by atoms with Crippen molar-refractivity contribution < 1.29 is 18.0 Å². The summed E-state index contributed by atoms with van der Waals surface area (Å²) in [6, 6.07) is -0.350. The van der Waals surface area contributed by atoms with Crippen LogP contribution in [-0.4, -0.2) is 36.1 Å². The molecule has 0 aromatic heterocycles. The van der Waals surface area contributed by atoms with Gasteiger partial charge in [0, 0.05) is 12.5 Å². The minimum absolute atomic E-state index is 0.123. The molecule has 0 saturated heterocycles. The molecule has 126 valence electrons. The van der Waals surface area contributed by atoms with Crippen LogP contribution in [-0.2, 0) is 4.79 Å². The second kappa shape index (κ2) is 8.61. The fourth-order valence-electron chi connectivity index (χ4n) is 2.45. The molecule has 0 aromatic rings. The molecule has 2 N–H and O–H groups in total. The number of nitrogens with two attached hydrogens (primary N) is 1. The van der Waals surface area contributed by atoms with E-state index in [1.807, 2.05) is 27.7 Å². The minimum atomic E-state index is -4.36. The van der Waals surface area contributed by atoms with E-state index in [1.165, 1.54) is 0 Å². The normalized spacial score (nSPS) is 12.8. The number of amides is 1. The zero-order valence-corrected chi connectivity index (χ0v) is 13.6. The van der Waals surface area contributed by atoms with Gasteiger partial charge in [0.15, 0.2) is 0 Å². The highest BCUT2D eigenvalue weighted by Crippen LogP contribution is 2.28. The van der Waals surface area contributed by atoms with Gasteiger partial charge in [0.1, 0.15) is 6.54 Å². The van der Waals surface area contributed by atoms with Crippen molar-refractivity contribution in [2.75, 3.05) is 13.1 Å². The fraction of sp³-hybridized carbons (Fsp3) is 0.933.